The van der Waals surface area contributed by atoms with Gasteiger partial charge in [0.15, 0.2) is 0 Å². The molecule has 4 heterocycles. The predicted octanol–water partition coefficient (Wildman–Crippen LogP) is 5.52. The lowest BCUT2D eigenvalue weighted by molar-refractivity contribution is 0.0738. The topological polar surface area (TPSA) is 89.4 Å². The number of carbonyl (C=O) groups is 1. The fourth-order valence-corrected chi connectivity index (χ4v) is 6.72. The first kappa shape index (κ1) is 22.9. The third kappa shape index (κ3) is 3.55. The van der Waals surface area contributed by atoms with E-state index >= 15 is 4.39 Å². The first-order chi connectivity index (χ1) is 17.2. The average Bonchev–Trinajstić information content (AvgIpc) is 3.56. The van der Waals surface area contributed by atoms with Crippen LogP contribution in [0.25, 0.3) is 27.7 Å². The van der Waals surface area contributed by atoms with Crippen LogP contribution in [-0.4, -0.2) is 42.3 Å². The van der Waals surface area contributed by atoms with Gasteiger partial charge in [0.2, 0.25) is 0 Å². The lowest BCUT2D eigenvalue weighted by atomic mass is 9.88. The zero-order valence-corrected chi connectivity index (χ0v) is 21.5. The van der Waals surface area contributed by atoms with E-state index in [1.807, 2.05) is 11.6 Å². The third-order valence-electron chi connectivity index (χ3n) is 6.91. The quantitative estimate of drug-likeness (QED) is 0.338. The third-order valence-corrected chi connectivity index (χ3v) is 8.92. The molecular formula is C26H23FN6OS2. The minimum Gasteiger partial charge on any atom is -0.382 e. The van der Waals surface area contributed by atoms with E-state index in [-0.39, 0.29) is 28.1 Å². The molecule has 0 bridgehead atoms. The van der Waals surface area contributed by atoms with Crippen molar-refractivity contribution in [2.24, 2.45) is 0 Å². The monoisotopic (exact) mass is 518 g/mol. The van der Waals surface area contributed by atoms with Crippen molar-refractivity contribution >= 4 is 51.6 Å². The van der Waals surface area contributed by atoms with Gasteiger partial charge >= 0.3 is 0 Å². The Morgan fingerprint density at radius 2 is 2.03 bits per heavy atom. The number of rotatable bonds is 3. The Labute approximate surface area is 215 Å². The van der Waals surface area contributed by atoms with Gasteiger partial charge in [-0.2, -0.15) is 0 Å². The van der Waals surface area contributed by atoms with Gasteiger partial charge in [-0.25, -0.2) is 18.7 Å². The molecule has 6 rings (SSSR count). The molecule has 0 unspecified atom stereocenters. The number of aromatic nitrogens is 4. The average molecular weight is 519 g/mol. The molecule has 7 nitrogen and oxygen atoms in total. The molecule has 1 aliphatic rings. The van der Waals surface area contributed by atoms with Crippen LogP contribution in [0.1, 0.15) is 41.4 Å². The van der Waals surface area contributed by atoms with Crippen LogP contribution in [0, 0.1) is 5.82 Å². The number of fused-ring (bicyclic) bond motifs is 4. The summed E-state index contributed by atoms with van der Waals surface area (Å²) in [5.41, 5.74) is 12.0. The molecule has 5 aromatic rings. The van der Waals surface area contributed by atoms with Gasteiger partial charge in [0.05, 0.1) is 35.2 Å². The van der Waals surface area contributed by atoms with Crippen molar-refractivity contribution in [3.05, 3.63) is 76.9 Å². The van der Waals surface area contributed by atoms with Crippen LogP contribution in [0.3, 0.4) is 0 Å². The maximum Gasteiger partial charge on any atom is 0.257 e. The van der Waals surface area contributed by atoms with E-state index in [2.05, 4.69) is 46.4 Å². The first-order valence-electron chi connectivity index (χ1n) is 11.4. The van der Waals surface area contributed by atoms with Crippen LogP contribution in [-0.2, 0) is 4.75 Å². The summed E-state index contributed by atoms with van der Waals surface area (Å²) in [5.74, 6) is -0.0516. The second-order valence-electron chi connectivity index (χ2n) is 9.44. The number of nitrogens with zero attached hydrogens (tertiary/aromatic N) is 5. The Morgan fingerprint density at radius 1 is 1.19 bits per heavy atom. The van der Waals surface area contributed by atoms with Crippen LogP contribution in [0.4, 0.5) is 10.2 Å². The van der Waals surface area contributed by atoms with Gasteiger partial charge in [0.1, 0.15) is 17.2 Å². The van der Waals surface area contributed by atoms with Gasteiger partial charge < -0.3 is 10.6 Å². The van der Waals surface area contributed by atoms with Gasteiger partial charge in [-0.3, -0.25) is 9.20 Å². The van der Waals surface area contributed by atoms with Crippen molar-refractivity contribution in [2.75, 3.05) is 18.5 Å². The largest absolute Gasteiger partial charge is 0.382 e. The highest BCUT2D eigenvalue weighted by atomic mass is 32.2. The van der Waals surface area contributed by atoms with Crippen molar-refractivity contribution in [1.82, 2.24) is 23.6 Å². The molecular weight excluding hydrogens is 495 g/mol. The number of amides is 1. The molecule has 1 atom stereocenters. The van der Waals surface area contributed by atoms with Crippen LogP contribution >= 0.6 is 23.3 Å². The Hall–Kier alpha value is -3.50. The molecule has 2 N–H and O–H groups in total. The summed E-state index contributed by atoms with van der Waals surface area (Å²) in [6, 6.07) is 8.96. The highest BCUT2D eigenvalue weighted by molar-refractivity contribution is 8.00. The molecule has 0 fully saturated rings. The van der Waals surface area contributed by atoms with Crippen molar-refractivity contribution in [3.8, 4) is 11.1 Å². The number of nitrogen functional groups attached to an aromatic ring is 1. The Kier molecular flexibility index (Phi) is 5.27. The lowest BCUT2D eigenvalue weighted by Gasteiger charge is -2.40. The van der Waals surface area contributed by atoms with Crippen LogP contribution < -0.4 is 5.73 Å². The summed E-state index contributed by atoms with van der Waals surface area (Å²) >= 11 is 3.21. The molecule has 2 aromatic carbocycles. The minimum atomic E-state index is -0.630. The number of carbonyl (C=O) groups excluding carboxylic acids is 1. The maximum absolute atomic E-state index is 15.2. The van der Waals surface area contributed by atoms with E-state index in [1.54, 1.807) is 40.6 Å². The summed E-state index contributed by atoms with van der Waals surface area (Å²) in [6.45, 7) is 4.39. The molecule has 1 amide bonds. The fraction of sp³-hybridized carbons (Fsp3) is 0.231. The maximum atomic E-state index is 15.2. The molecule has 0 radical (unpaired) electrons. The highest BCUT2D eigenvalue weighted by Crippen LogP contribution is 2.48. The number of nitrogens with two attached hydrogens (primary N) is 1. The van der Waals surface area contributed by atoms with Crippen molar-refractivity contribution in [3.63, 3.8) is 0 Å². The Morgan fingerprint density at radius 3 is 2.81 bits per heavy atom. The van der Waals surface area contributed by atoms with E-state index in [0.717, 1.165) is 16.7 Å². The molecule has 0 spiro atoms. The number of halogens is 1. The molecule has 1 aliphatic heterocycles. The number of imidazole rings is 1. The number of thioether (sulfide) groups is 1. The minimum absolute atomic E-state index is 0.0103. The van der Waals surface area contributed by atoms with Crippen molar-refractivity contribution in [1.29, 1.82) is 0 Å². The molecule has 0 aliphatic carbocycles. The predicted molar refractivity (Wildman–Crippen MR) is 143 cm³/mol. The van der Waals surface area contributed by atoms with Gasteiger partial charge in [-0.05, 0) is 54.2 Å². The summed E-state index contributed by atoms with van der Waals surface area (Å²) < 4.78 is 21.1. The van der Waals surface area contributed by atoms with E-state index in [1.165, 1.54) is 29.2 Å². The van der Waals surface area contributed by atoms with E-state index in [9.17, 15) is 4.79 Å². The van der Waals surface area contributed by atoms with Gasteiger partial charge in [-0.15, -0.1) is 11.8 Å². The lowest BCUT2D eigenvalue weighted by Crippen LogP contribution is -2.37. The smallest absolute Gasteiger partial charge is 0.257 e. The fourth-order valence-electron chi connectivity index (χ4n) is 4.86. The van der Waals surface area contributed by atoms with E-state index in [4.69, 9.17) is 5.73 Å². The number of benzene rings is 2. The number of anilines is 1. The summed E-state index contributed by atoms with van der Waals surface area (Å²) in [5, 5.41) is 2.03. The van der Waals surface area contributed by atoms with E-state index in [0.29, 0.717) is 22.3 Å². The molecule has 182 valence electrons. The van der Waals surface area contributed by atoms with Gasteiger partial charge in [0, 0.05) is 40.8 Å². The highest BCUT2D eigenvalue weighted by Gasteiger charge is 2.37. The molecule has 3 aromatic heterocycles. The van der Waals surface area contributed by atoms with Crippen molar-refractivity contribution < 1.29 is 9.18 Å². The van der Waals surface area contributed by atoms with Crippen LogP contribution in [0.5, 0.6) is 0 Å². The second kappa shape index (κ2) is 8.28. The molecule has 0 saturated carbocycles. The summed E-state index contributed by atoms with van der Waals surface area (Å²) in [6.07, 6.45) is 5.05. The van der Waals surface area contributed by atoms with Crippen molar-refractivity contribution in [2.45, 2.75) is 24.6 Å². The molecule has 10 heteroatoms. The standard InChI is InChI=1S/C26H23FN6OS2/c1-26(2)18-6-14(15-9-30-36-11-15)4-5-16(18)23(12-35-26)32(3)25(34)17-7-21-20(8-19(17)27)31-24(28)22-10-29-13-33(21)22/h4-11,13,23H,12H2,1-3H3,(H2,28,31)/t23-/m1/s1. The summed E-state index contributed by atoms with van der Waals surface area (Å²) in [7, 11) is 1.74. The van der Waals surface area contributed by atoms with E-state index < -0.39 is 5.82 Å². The zero-order chi connectivity index (χ0) is 25.2. The van der Waals surface area contributed by atoms with Crippen LogP contribution in [0.15, 0.2) is 54.4 Å². The molecule has 36 heavy (non-hydrogen) atoms. The molecule has 0 saturated heterocycles. The zero-order valence-electron chi connectivity index (χ0n) is 19.9. The van der Waals surface area contributed by atoms with Gasteiger partial charge in [-0.1, -0.05) is 12.1 Å². The SMILES string of the molecule is CN(C(=O)c1cc2c(cc1F)nc(N)c1cncn12)[C@@H]1CSC(C)(C)c2cc(-c3cnsc3)ccc21. The normalized spacial score (nSPS) is 16.8. The Balaban J connectivity index is 1.41. The van der Waals surface area contributed by atoms with Crippen LogP contribution in [0.2, 0.25) is 0 Å². The number of hydrogen-bond acceptors (Lipinski definition) is 7. The Bertz CT molecular complexity index is 1650. The first-order valence-corrected chi connectivity index (χ1v) is 13.2. The number of hydrogen-bond donors (Lipinski definition) is 1. The van der Waals surface area contributed by atoms with Gasteiger partial charge in [0.25, 0.3) is 5.91 Å². The second-order valence-corrected chi connectivity index (χ2v) is 11.7. The summed E-state index contributed by atoms with van der Waals surface area (Å²) in [4.78, 5) is 23.7.